The van der Waals surface area contributed by atoms with Gasteiger partial charge in [-0.2, -0.15) is 0 Å². The van der Waals surface area contributed by atoms with Gasteiger partial charge in [-0.15, -0.1) is 21.8 Å². The van der Waals surface area contributed by atoms with Crippen LogP contribution in [-0.4, -0.2) is 21.1 Å². The van der Waals surface area contributed by atoms with Gasteiger partial charge < -0.3 is 0 Å². The summed E-state index contributed by atoms with van der Waals surface area (Å²) in [5, 5.41) is 7.14. The van der Waals surface area contributed by atoms with Crippen LogP contribution in [0.5, 0.6) is 0 Å². The van der Waals surface area contributed by atoms with Gasteiger partial charge in [0.2, 0.25) is 5.82 Å². The van der Waals surface area contributed by atoms with Gasteiger partial charge in [0.05, 0.1) is 6.20 Å². The molecule has 0 saturated carbocycles. The molecule has 2 aliphatic rings. The molecule has 0 aromatic heterocycles. The first-order chi connectivity index (χ1) is 5.88. The maximum atomic E-state index is 5.38. The van der Waals surface area contributed by atoms with E-state index in [1.54, 1.807) is 6.20 Å². The SMILES string of the molecule is CCCCCCl.c1nc2nnc1-2. The van der Waals surface area contributed by atoms with E-state index >= 15 is 0 Å². The Bertz CT molecular complexity index is 197. The third-order valence-electron chi connectivity index (χ3n) is 1.53. The molecule has 0 amide bonds. The molecule has 0 radical (unpaired) electrons. The van der Waals surface area contributed by atoms with Crippen LogP contribution in [0.4, 0.5) is 0 Å². The Kier molecular flexibility index (Phi) is 3.94. The van der Waals surface area contributed by atoms with Gasteiger partial charge in [0.1, 0.15) is 0 Å². The van der Waals surface area contributed by atoms with Crippen molar-refractivity contribution in [3.8, 4) is 11.5 Å². The molecule has 2 aliphatic heterocycles. The summed E-state index contributed by atoms with van der Waals surface area (Å²) in [7, 11) is 0. The third kappa shape index (κ3) is 2.41. The smallest absolute Gasteiger partial charge is 0.203 e. The van der Waals surface area contributed by atoms with Crippen LogP contribution < -0.4 is 0 Å². The van der Waals surface area contributed by atoms with Crippen LogP contribution in [-0.2, 0) is 0 Å². The molecular weight excluding hydrogens is 174 g/mol. The van der Waals surface area contributed by atoms with Crippen molar-refractivity contribution in [2.45, 2.75) is 26.2 Å². The minimum atomic E-state index is 0.815. The maximum Gasteiger partial charge on any atom is 0.203 e. The number of unbranched alkanes of at least 4 members (excludes halogenated alkanes) is 2. The molecule has 2 rings (SSSR count). The summed E-state index contributed by atoms with van der Waals surface area (Å²) in [6, 6.07) is 0. The molecule has 0 fully saturated rings. The first kappa shape index (κ1) is 9.39. The lowest BCUT2D eigenvalue weighted by molar-refractivity contribution is 0.776. The molecule has 2 heterocycles. The largest absolute Gasteiger partial charge is 0.231 e. The van der Waals surface area contributed by atoms with E-state index in [1.807, 2.05) is 0 Å². The summed E-state index contributed by atoms with van der Waals surface area (Å²) in [6.45, 7) is 2.17. The molecule has 0 aromatic carbocycles. The Morgan fingerprint density at radius 3 is 2.17 bits per heavy atom. The molecule has 0 saturated heterocycles. The summed E-state index contributed by atoms with van der Waals surface area (Å²) < 4.78 is 0. The minimum Gasteiger partial charge on any atom is -0.231 e. The summed E-state index contributed by atoms with van der Waals surface area (Å²) >= 11 is 5.38. The number of hydrogen-bond acceptors (Lipinski definition) is 3. The van der Waals surface area contributed by atoms with Crippen LogP contribution in [0.1, 0.15) is 26.2 Å². The maximum absolute atomic E-state index is 5.38. The van der Waals surface area contributed by atoms with Gasteiger partial charge >= 0.3 is 0 Å². The highest BCUT2D eigenvalue weighted by molar-refractivity contribution is 6.17. The first-order valence-corrected chi connectivity index (χ1v) is 4.68. The Morgan fingerprint density at radius 1 is 1.33 bits per heavy atom. The van der Waals surface area contributed by atoms with Gasteiger partial charge in [-0.1, -0.05) is 19.8 Å². The zero-order chi connectivity index (χ0) is 8.81. The van der Waals surface area contributed by atoms with Crippen molar-refractivity contribution < 1.29 is 0 Å². The second-order valence-electron chi connectivity index (χ2n) is 2.56. The average molecular weight is 186 g/mol. The minimum absolute atomic E-state index is 0.815. The van der Waals surface area contributed by atoms with Crippen molar-refractivity contribution in [2.24, 2.45) is 0 Å². The Labute approximate surface area is 77.2 Å². The number of hydrogen-bond donors (Lipinski definition) is 0. The Balaban J connectivity index is 0.000000120. The number of aromatic nitrogens is 3. The number of alkyl halides is 1. The quantitative estimate of drug-likeness (QED) is 0.544. The zero-order valence-electron chi connectivity index (χ0n) is 7.13. The molecular formula is C8H12ClN3. The fourth-order valence-corrected chi connectivity index (χ4v) is 0.918. The number of nitrogens with zero attached hydrogens (tertiary/aromatic N) is 3. The van der Waals surface area contributed by atoms with Crippen molar-refractivity contribution in [3.05, 3.63) is 6.20 Å². The Morgan fingerprint density at radius 2 is 2.08 bits per heavy atom. The molecule has 0 bridgehead atoms. The summed E-state index contributed by atoms with van der Waals surface area (Å²) in [5.74, 6) is 1.64. The van der Waals surface area contributed by atoms with Crippen molar-refractivity contribution >= 4 is 11.6 Å². The third-order valence-corrected chi connectivity index (χ3v) is 1.80. The van der Waals surface area contributed by atoms with Crippen molar-refractivity contribution in [3.63, 3.8) is 0 Å². The molecule has 66 valence electrons. The van der Waals surface area contributed by atoms with Crippen molar-refractivity contribution in [2.75, 3.05) is 5.88 Å². The second kappa shape index (κ2) is 5.04. The van der Waals surface area contributed by atoms with Gasteiger partial charge in [0, 0.05) is 5.88 Å². The highest BCUT2D eigenvalue weighted by Crippen LogP contribution is 2.15. The van der Waals surface area contributed by atoms with Crippen LogP contribution in [0, 0.1) is 0 Å². The number of fused-ring (bicyclic) bond motifs is 1. The van der Waals surface area contributed by atoms with E-state index in [0.717, 1.165) is 17.4 Å². The predicted octanol–water partition coefficient (Wildman–Crippen LogP) is 2.27. The normalized spacial score (nSPS) is 10.2. The average Bonchev–Trinajstić information content (AvgIpc) is 2.09. The molecule has 0 aromatic rings. The van der Waals surface area contributed by atoms with E-state index in [4.69, 9.17) is 11.6 Å². The van der Waals surface area contributed by atoms with Crippen LogP contribution in [0.3, 0.4) is 0 Å². The van der Waals surface area contributed by atoms with Gasteiger partial charge in [0.15, 0.2) is 5.69 Å². The van der Waals surface area contributed by atoms with E-state index in [-0.39, 0.29) is 0 Å². The lowest BCUT2D eigenvalue weighted by atomic mass is 10.3. The fraction of sp³-hybridized carbons (Fsp3) is 0.625. The zero-order valence-corrected chi connectivity index (χ0v) is 7.88. The van der Waals surface area contributed by atoms with E-state index in [2.05, 4.69) is 22.1 Å². The summed E-state index contributed by atoms with van der Waals surface area (Å²) in [5.41, 5.74) is 0.954. The molecule has 0 unspecified atom stereocenters. The number of halogens is 1. The van der Waals surface area contributed by atoms with Crippen LogP contribution in [0.15, 0.2) is 6.20 Å². The standard InChI is InChI=1S/C5H11Cl.C3HN3/c1-2-3-4-5-6;1-2-3(4-1)6-5-2/h2-5H2,1H3;1H. The number of rotatable bonds is 3. The lowest BCUT2D eigenvalue weighted by Gasteiger charge is -2.03. The van der Waals surface area contributed by atoms with Gasteiger partial charge in [-0.3, -0.25) is 0 Å². The fourth-order valence-electron chi connectivity index (χ4n) is 0.729. The monoisotopic (exact) mass is 185 g/mol. The van der Waals surface area contributed by atoms with Crippen LogP contribution in [0.25, 0.3) is 11.5 Å². The van der Waals surface area contributed by atoms with E-state index < -0.39 is 0 Å². The van der Waals surface area contributed by atoms with E-state index in [1.165, 1.54) is 19.3 Å². The van der Waals surface area contributed by atoms with Crippen LogP contribution >= 0.6 is 11.6 Å². The molecule has 0 N–H and O–H groups in total. The highest BCUT2D eigenvalue weighted by atomic mass is 35.5. The molecule has 12 heavy (non-hydrogen) atoms. The van der Waals surface area contributed by atoms with Crippen molar-refractivity contribution in [1.82, 2.24) is 15.2 Å². The molecule has 0 aliphatic carbocycles. The van der Waals surface area contributed by atoms with Gasteiger partial charge in [0.25, 0.3) is 0 Å². The van der Waals surface area contributed by atoms with Gasteiger partial charge in [-0.25, -0.2) is 4.98 Å². The summed E-state index contributed by atoms with van der Waals surface area (Å²) in [4.78, 5) is 3.73. The molecule has 0 spiro atoms. The van der Waals surface area contributed by atoms with Crippen LogP contribution in [0.2, 0.25) is 0 Å². The Hall–Kier alpha value is -0.700. The van der Waals surface area contributed by atoms with Crippen molar-refractivity contribution in [1.29, 1.82) is 0 Å². The second-order valence-corrected chi connectivity index (χ2v) is 2.94. The highest BCUT2D eigenvalue weighted by Gasteiger charge is 2.12. The molecule has 0 atom stereocenters. The molecule has 4 heteroatoms. The van der Waals surface area contributed by atoms with E-state index in [0.29, 0.717) is 0 Å². The lowest BCUT2D eigenvalue weighted by Crippen LogP contribution is -2.05. The predicted molar refractivity (Wildman–Crippen MR) is 49.1 cm³/mol. The topological polar surface area (TPSA) is 38.7 Å². The molecule has 3 nitrogen and oxygen atoms in total. The first-order valence-electron chi connectivity index (χ1n) is 4.14. The van der Waals surface area contributed by atoms with Gasteiger partial charge in [-0.05, 0) is 6.42 Å². The van der Waals surface area contributed by atoms with E-state index in [9.17, 15) is 0 Å². The summed E-state index contributed by atoms with van der Waals surface area (Å²) in [6.07, 6.45) is 5.43.